The summed E-state index contributed by atoms with van der Waals surface area (Å²) >= 11 is 6.18. The lowest BCUT2D eigenvalue weighted by Crippen LogP contribution is -2.36. The second-order valence-electron chi connectivity index (χ2n) is 7.19. The molecule has 0 fully saturated rings. The molecule has 0 aliphatic heterocycles. The van der Waals surface area contributed by atoms with Crippen LogP contribution in [0.25, 0.3) is 0 Å². The molecule has 2 aromatic rings. The van der Waals surface area contributed by atoms with Crippen molar-refractivity contribution in [3.8, 4) is 17.2 Å². The largest absolute Gasteiger partial charge is 0.493 e. The van der Waals surface area contributed by atoms with E-state index in [9.17, 15) is 4.79 Å². The highest BCUT2D eigenvalue weighted by Crippen LogP contribution is 2.29. The van der Waals surface area contributed by atoms with Gasteiger partial charge in [-0.25, -0.2) is 4.68 Å². The predicted octanol–water partition coefficient (Wildman–Crippen LogP) is 4.42. The van der Waals surface area contributed by atoms with Gasteiger partial charge >= 0.3 is 0 Å². The lowest BCUT2D eigenvalue weighted by molar-refractivity contribution is 0.282. The normalized spacial score (nSPS) is 11.3. The molecule has 1 aromatic carbocycles. The van der Waals surface area contributed by atoms with E-state index >= 15 is 0 Å². The molecule has 1 aromatic heterocycles. The van der Waals surface area contributed by atoms with Gasteiger partial charge in [-0.15, -0.1) is 0 Å². The SMILES string of the molecule is CCCCOc1ccc(COc2cnn(C(C)(C)C)c(=O)c2Cl)cc1OC. The van der Waals surface area contributed by atoms with Crippen LogP contribution in [0.3, 0.4) is 0 Å². The van der Waals surface area contributed by atoms with Gasteiger partial charge in [-0.2, -0.15) is 5.10 Å². The Hall–Kier alpha value is -2.21. The summed E-state index contributed by atoms with van der Waals surface area (Å²) in [5.74, 6) is 1.59. The first kappa shape index (κ1) is 21.1. The van der Waals surface area contributed by atoms with Crippen LogP contribution in [0.2, 0.25) is 5.02 Å². The molecule has 0 aliphatic rings. The van der Waals surface area contributed by atoms with Gasteiger partial charge in [0.25, 0.3) is 5.56 Å². The smallest absolute Gasteiger partial charge is 0.289 e. The van der Waals surface area contributed by atoms with Crippen molar-refractivity contribution in [1.29, 1.82) is 0 Å². The van der Waals surface area contributed by atoms with Crippen molar-refractivity contribution in [2.45, 2.75) is 52.7 Å². The van der Waals surface area contributed by atoms with Gasteiger partial charge in [-0.3, -0.25) is 4.79 Å². The minimum atomic E-state index is -0.458. The fourth-order valence-electron chi connectivity index (χ4n) is 2.40. The van der Waals surface area contributed by atoms with Crippen LogP contribution in [0.5, 0.6) is 17.2 Å². The Labute approximate surface area is 165 Å². The molecular weight excluding hydrogens is 368 g/mol. The van der Waals surface area contributed by atoms with Crippen molar-refractivity contribution in [2.75, 3.05) is 13.7 Å². The number of unbranched alkanes of at least 4 members (excludes halogenated alkanes) is 1. The second kappa shape index (κ2) is 9.13. The Balaban J connectivity index is 2.12. The maximum atomic E-state index is 12.4. The van der Waals surface area contributed by atoms with Gasteiger partial charge in [0.1, 0.15) is 6.61 Å². The topological polar surface area (TPSA) is 62.6 Å². The molecule has 0 saturated carbocycles. The van der Waals surface area contributed by atoms with Gasteiger partial charge in [0, 0.05) is 0 Å². The van der Waals surface area contributed by atoms with Gasteiger partial charge in [-0.1, -0.05) is 31.0 Å². The van der Waals surface area contributed by atoms with Crippen LogP contribution < -0.4 is 19.8 Å². The zero-order valence-corrected chi connectivity index (χ0v) is 17.3. The maximum Gasteiger partial charge on any atom is 0.289 e. The number of methoxy groups -OCH3 is 1. The van der Waals surface area contributed by atoms with Crippen LogP contribution in [-0.2, 0) is 12.1 Å². The molecule has 0 aliphatic carbocycles. The van der Waals surface area contributed by atoms with Crippen LogP contribution in [0, 0.1) is 0 Å². The lowest BCUT2D eigenvalue weighted by atomic mass is 10.1. The second-order valence-corrected chi connectivity index (χ2v) is 7.56. The monoisotopic (exact) mass is 394 g/mol. The van der Waals surface area contributed by atoms with E-state index in [0.29, 0.717) is 18.1 Å². The fraction of sp³-hybridized carbons (Fsp3) is 0.500. The first-order valence-corrected chi connectivity index (χ1v) is 9.36. The summed E-state index contributed by atoms with van der Waals surface area (Å²) < 4.78 is 18.2. The molecule has 148 valence electrons. The standard InChI is InChI=1S/C20H27ClN2O4/c1-6-7-10-26-15-9-8-14(11-16(15)25-5)13-27-17-12-22-23(20(2,3)4)19(24)18(17)21/h8-9,11-12H,6-7,10,13H2,1-5H3. The Bertz CT molecular complexity index is 828. The molecular formula is C20H27ClN2O4. The number of hydrogen-bond acceptors (Lipinski definition) is 5. The van der Waals surface area contributed by atoms with Crippen molar-refractivity contribution in [3.63, 3.8) is 0 Å². The quantitative estimate of drug-likeness (QED) is 0.620. The minimum Gasteiger partial charge on any atom is -0.493 e. The van der Waals surface area contributed by atoms with E-state index in [1.165, 1.54) is 10.9 Å². The summed E-state index contributed by atoms with van der Waals surface area (Å²) in [6.45, 7) is 8.64. The third-order valence-electron chi connectivity index (χ3n) is 3.90. The minimum absolute atomic E-state index is 0.0198. The highest BCUT2D eigenvalue weighted by Gasteiger charge is 2.20. The molecule has 0 atom stereocenters. The highest BCUT2D eigenvalue weighted by molar-refractivity contribution is 6.31. The van der Waals surface area contributed by atoms with Crippen molar-refractivity contribution < 1.29 is 14.2 Å². The molecule has 1 heterocycles. The first-order valence-electron chi connectivity index (χ1n) is 8.98. The van der Waals surface area contributed by atoms with Gasteiger partial charge in [0.15, 0.2) is 22.3 Å². The lowest BCUT2D eigenvalue weighted by Gasteiger charge is -2.21. The van der Waals surface area contributed by atoms with Gasteiger partial charge in [0.2, 0.25) is 0 Å². The zero-order valence-electron chi connectivity index (χ0n) is 16.5. The van der Waals surface area contributed by atoms with Crippen LogP contribution in [0.1, 0.15) is 46.1 Å². The van der Waals surface area contributed by atoms with Crippen LogP contribution in [-0.4, -0.2) is 23.5 Å². The molecule has 0 unspecified atom stereocenters. The summed E-state index contributed by atoms with van der Waals surface area (Å²) in [6, 6.07) is 5.59. The number of ether oxygens (including phenoxy) is 3. The molecule has 0 amide bonds. The number of benzene rings is 1. The Morgan fingerprint density at radius 2 is 1.89 bits per heavy atom. The van der Waals surface area contributed by atoms with E-state index in [2.05, 4.69) is 12.0 Å². The third-order valence-corrected chi connectivity index (χ3v) is 4.25. The number of hydrogen-bond donors (Lipinski definition) is 0. The van der Waals surface area contributed by atoms with E-state index in [0.717, 1.165) is 18.4 Å². The van der Waals surface area contributed by atoms with Crippen molar-refractivity contribution in [2.24, 2.45) is 0 Å². The molecule has 7 heteroatoms. The molecule has 6 nitrogen and oxygen atoms in total. The van der Waals surface area contributed by atoms with Crippen LogP contribution >= 0.6 is 11.6 Å². The number of halogens is 1. The van der Waals surface area contributed by atoms with Crippen LogP contribution in [0.15, 0.2) is 29.2 Å². The fourth-order valence-corrected chi connectivity index (χ4v) is 2.59. The maximum absolute atomic E-state index is 12.4. The van der Waals surface area contributed by atoms with Gasteiger partial charge in [-0.05, 0) is 44.9 Å². The van der Waals surface area contributed by atoms with Crippen LogP contribution in [0.4, 0.5) is 0 Å². The van der Waals surface area contributed by atoms with Gasteiger partial charge < -0.3 is 14.2 Å². The third kappa shape index (κ3) is 5.39. The van der Waals surface area contributed by atoms with Gasteiger partial charge in [0.05, 0.1) is 25.5 Å². The van der Waals surface area contributed by atoms with E-state index in [1.807, 2.05) is 39.0 Å². The summed E-state index contributed by atoms with van der Waals surface area (Å²) in [6.07, 6.45) is 3.52. The molecule has 2 rings (SSSR count). The average Bonchev–Trinajstić information content (AvgIpc) is 2.62. The highest BCUT2D eigenvalue weighted by atomic mass is 35.5. The van der Waals surface area contributed by atoms with Crippen molar-refractivity contribution >= 4 is 11.6 Å². The summed E-state index contributed by atoms with van der Waals surface area (Å²) in [5, 5.41) is 4.18. The number of rotatable bonds is 8. The molecule has 27 heavy (non-hydrogen) atoms. The van der Waals surface area contributed by atoms with Crippen molar-refractivity contribution in [3.05, 3.63) is 45.3 Å². The van der Waals surface area contributed by atoms with E-state index in [-0.39, 0.29) is 22.9 Å². The van der Waals surface area contributed by atoms with Crippen molar-refractivity contribution in [1.82, 2.24) is 9.78 Å². The molecule has 0 saturated heterocycles. The Kier molecular flexibility index (Phi) is 7.13. The average molecular weight is 395 g/mol. The molecule has 0 spiro atoms. The molecule has 0 N–H and O–H groups in total. The molecule has 0 radical (unpaired) electrons. The predicted molar refractivity (Wildman–Crippen MR) is 106 cm³/mol. The Morgan fingerprint density at radius 3 is 2.52 bits per heavy atom. The van der Waals surface area contributed by atoms with E-state index in [4.69, 9.17) is 25.8 Å². The van der Waals surface area contributed by atoms with E-state index in [1.54, 1.807) is 7.11 Å². The number of nitrogens with zero attached hydrogens (tertiary/aromatic N) is 2. The van der Waals surface area contributed by atoms with E-state index < -0.39 is 5.54 Å². The summed E-state index contributed by atoms with van der Waals surface area (Å²) in [4.78, 5) is 12.4. The summed E-state index contributed by atoms with van der Waals surface area (Å²) in [7, 11) is 1.60. The Morgan fingerprint density at radius 1 is 1.15 bits per heavy atom. The first-order chi connectivity index (χ1) is 12.8. The zero-order chi connectivity index (χ0) is 20.0. The number of aromatic nitrogens is 2. The summed E-state index contributed by atoms with van der Waals surface area (Å²) in [5.41, 5.74) is 0.0323. The molecule has 0 bridgehead atoms.